The van der Waals surface area contributed by atoms with Crippen LogP contribution in [0.25, 0.3) is 0 Å². The van der Waals surface area contributed by atoms with Gasteiger partial charge in [0, 0.05) is 0 Å². The summed E-state index contributed by atoms with van der Waals surface area (Å²) in [7, 11) is 0. The minimum absolute atomic E-state index is 0.0661. The van der Waals surface area contributed by atoms with Gasteiger partial charge in [0.1, 0.15) is 5.75 Å². The minimum Gasteiger partial charge on any atom is -0.506 e. The van der Waals surface area contributed by atoms with Crippen LogP contribution in [0.5, 0.6) is 5.75 Å². The van der Waals surface area contributed by atoms with Crippen molar-refractivity contribution in [1.82, 2.24) is 5.32 Å². The first kappa shape index (κ1) is 18.2. The summed E-state index contributed by atoms with van der Waals surface area (Å²) in [5, 5.41) is 15.8. The zero-order valence-electron chi connectivity index (χ0n) is 13.5. The topological polar surface area (TPSA) is 61.4 Å². The number of carbonyl (C=O) groups excluding carboxylic acids is 1. The maximum atomic E-state index is 12.2. The number of nitrogens with one attached hydrogen (secondary N) is 2. The van der Waals surface area contributed by atoms with Gasteiger partial charge < -0.3 is 10.4 Å². The molecule has 2 aromatic carbocycles. The number of amides is 1. The number of rotatable bonds is 4. The highest BCUT2D eigenvalue weighted by Crippen LogP contribution is 2.29. The number of phenolic OH excluding ortho intramolecular Hbond substituents is 1. The Morgan fingerprint density at radius 3 is 2.67 bits per heavy atom. The summed E-state index contributed by atoms with van der Waals surface area (Å²) in [6, 6.07) is 12.0. The Balaban J connectivity index is 2.10. The van der Waals surface area contributed by atoms with E-state index in [-0.39, 0.29) is 10.9 Å². The molecule has 1 unspecified atom stereocenters. The number of benzene rings is 2. The van der Waals surface area contributed by atoms with Crippen LogP contribution in [0.2, 0.25) is 5.02 Å². The molecule has 24 heavy (non-hydrogen) atoms. The summed E-state index contributed by atoms with van der Waals surface area (Å²) in [6.07, 6.45) is 0.984. The maximum absolute atomic E-state index is 12.2. The van der Waals surface area contributed by atoms with Crippen molar-refractivity contribution in [3.8, 4) is 5.75 Å². The molecule has 0 aliphatic carbocycles. The molecule has 0 aromatic heterocycles. The smallest absolute Gasteiger partial charge is 0.258 e. The van der Waals surface area contributed by atoms with Crippen molar-refractivity contribution >= 4 is 40.5 Å². The second kappa shape index (κ2) is 8.13. The molecule has 0 heterocycles. The van der Waals surface area contributed by atoms with Gasteiger partial charge >= 0.3 is 0 Å². The highest BCUT2D eigenvalue weighted by Gasteiger charge is 2.13. The Hall–Kier alpha value is -2.11. The summed E-state index contributed by atoms with van der Waals surface area (Å²) in [4.78, 5) is 12.2. The highest BCUT2D eigenvalue weighted by atomic mass is 35.5. The molecular formula is C18H19ClN2O2S. The number of hydrogen-bond donors (Lipinski definition) is 3. The first-order valence-corrected chi connectivity index (χ1v) is 8.40. The summed E-state index contributed by atoms with van der Waals surface area (Å²) < 4.78 is 0. The van der Waals surface area contributed by atoms with Crippen LogP contribution in [-0.2, 0) is 0 Å². The molecule has 3 N–H and O–H groups in total. The number of carbonyl (C=O) groups is 1. The molecule has 0 aliphatic heterocycles. The molecule has 1 amide bonds. The summed E-state index contributed by atoms with van der Waals surface area (Å²) in [6.45, 7) is 4.20. The summed E-state index contributed by atoms with van der Waals surface area (Å²) in [5.74, 6) is 0.0181. The number of aromatic hydroxyl groups is 1. The molecule has 126 valence electrons. The van der Waals surface area contributed by atoms with Crippen molar-refractivity contribution in [2.45, 2.75) is 26.2 Å². The number of hydrogen-bond acceptors (Lipinski definition) is 3. The van der Waals surface area contributed by atoms with Crippen molar-refractivity contribution in [2.24, 2.45) is 0 Å². The molecule has 2 rings (SSSR count). The van der Waals surface area contributed by atoms with E-state index in [0.717, 1.165) is 12.0 Å². The van der Waals surface area contributed by atoms with Gasteiger partial charge in [-0.2, -0.15) is 0 Å². The molecule has 0 bridgehead atoms. The van der Waals surface area contributed by atoms with Crippen LogP contribution in [0, 0.1) is 0 Å². The Kier molecular flexibility index (Phi) is 6.17. The van der Waals surface area contributed by atoms with Gasteiger partial charge in [0.15, 0.2) is 5.11 Å². The molecule has 0 saturated carbocycles. The van der Waals surface area contributed by atoms with E-state index in [1.54, 1.807) is 30.3 Å². The number of anilines is 1. The Labute approximate surface area is 151 Å². The van der Waals surface area contributed by atoms with Crippen LogP contribution < -0.4 is 10.6 Å². The van der Waals surface area contributed by atoms with Gasteiger partial charge in [-0.15, -0.1) is 0 Å². The minimum atomic E-state index is -0.407. The van der Waals surface area contributed by atoms with E-state index >= 15 is 0 Å². The van der Waals surface area contributed by atoms with Gasteiger partial charge in [0.25, 0.3) is 5.91 Å². The molecule has 1 atom stereocenters. The molecule has 0 fully saturated rings. The zero-order valence-corrected chi connectivity index (χ0v) is 15.0. The Bertz CT molecular complexity index is 764. The van der Waals surface area contributed by atoms with Crippen molar-refractivity contribution < 1.29 is 9.90 Å². The van der Waals surface area contributed by atoms with Crippen molar-refractivity contribution in [3.05, 3.63) is 58.6 Å². The number of halogens is 1. The lowest BCUT2D eigenvalue weighted by Crippen LogP contribution is -2.34. The van der Waals surface area contributed by atoms with E-state index < -0.39 is 5.91 Å². The summed E-state index contributed by atoms with van der Waals surface area (Å²) >= 11 is 11.2. The van der Waals surface area contributed by atoms with Crippen LogP contribution in [-0.4, -0.2) is 16.1 Å². The molecule has 6 heteroatoms. The van der Waals surface area contributed by atoms with E-state index in [4.69, 9.17) is 23.8 Å². The molecule has 0 saturated heterocycles. The molecule has 0 radical (unpaired) electrons. The van der Waals surface area contributed by atoms with Crippen LogP contribution in [0.15, 0.2) is 42.5 Å². The fraction of sp³-hybridized carbons (Fsp3) is 0.222. The first-order chi connectivity index (χ1) is 11.4. The van der Waals surface area contributed by atoms with E-state index in [1.807, 2.05) is 12.1 Å². The second-order valence-electron chi connectivity index (χ2n) is 5.47. The van der Waals surface area contributed by atoms with Gasteiger partial charge in [-0.05, 0) is 54.4 Å². The van der Waals surface area contributed by atoms with E-state index in [9.17, 15) is 9.90 Å². The van der Waals surface area contributed by atoms with E-state index in [1.165, 1.54) is 0 Å². The van der Waals surface area contributed by atoms with E-state index in [2.05, 4.69) is 24.5 Å². The third-order valence-corrected chi connectivity index (χ3v) is 4.33. The maximum Gasteiger partial charge on any atom is 0.258 e. The van der Waals surface area contributed by atoms with Crippen LogP contribution in [0.1, 0.15) is 42.1 Å². The van der Waals surface area contributed by atoms with Crippen molar-refractivity contribution in [3.63, 3.8) is 0 Å². The van der Waals surface area contributed by atoms with Gasteiger partial charge in [0.05, 0.1) is 16.3 Å². The zero-order chi connectivity index (χ0) is 17.7. The SMILES string of the molecule is CCC(C)c1ccc(O)c(NC(=S)NC(=O)c2ccccc2Cl)c1. The second-order valence-corrected chi connectivity index (χ2v) is 6.29. The Morgan fingerprint density at radius 1 is 1.29 bits per heavy atom. The lowest BCUT2D eigenvalue weighted by atomic mass is 9.98. The fourth-order valence-electron chi connectivity index (χ4n) is 2.17. The van der Waals surface area contributed by atoms with Crippen LogP contribution >= 0.6 is 23.8 Å². The molecule has 2 aromatic rings. The average Bonchev–Trinajstić information content (AvgIpc) is 2.56. The molecule has 4 nitrogen and oxygen atoms in total. The average molecular weight is 363 g/mol. The lowest BCUT2D eigenvalue weighted by molar-refractivity contribution is 0.0978. The van der Waals surface area contributed by atoms with Gasteiger partial charge in [-0.25, -0.2) is 0 Å². The van der Waals surface area contributed by atoms with Crippen LogP contribution in [0.3, 0.4) is 0 Å². The molecule has 0 aliphatic rings. The highest BCUT2D eigenvalue weighted by molar-refractivity contribution is 7.80. The lowest BCUT2D eigenvalue weighted by Gasteiger charge is -2.15. The fourth-order valence-corrected chi connectivity index (χ4v) is 2.59. The predicted octanol–water partition coefficient (Wildman–Crippen LogP) is 4.69. The quantitative estimate of drug-likeness (QED) is 0.545. The third kappa shape index (κ3) is 4.46. The first-order valence-electron chi connectivity index (χ1n) is 7.62. The normalized spacial score (nSPS) is 11.6. The summed E-state index contributed by atoms with van der Waals surface area (Å²) in [5.41, 5.74) is 1.87. The number of phenols is 1. The molecule has 0 spiro atoms. The largest absolute Gasteiger partial charge is 0.506 e. The van der Waals surface area contributed by atoms with Gasteiger partial charge in [0.2, 0.25) is 0 Å². The van der Waals surface area contributed by atoms with E-state index in [0.29, 0.717) is 22.2 Å². The van der Waals surface area contributed by atoms with Crippen LogP contribution in [0.4, 0.5) is 5.69 Å². The predicted molar refractivity (Wildman–Crippen MR) is 102 cm³/mol. The van der Waals surface area contributed by atoms with Gasteiger partial charge in [-0.3, -0.25) is 10.1 Å². The third-order valence-electron chi connectivity index (χ3n) is 3.80. The standard InChI is InChI=1S/C18H19ClN2O2S/c1-3-11(2)12-8-9-16(22)15(10-12)20-18(24)21-17(23)13-6-4-5-7-14(13)19/h4-11,22H,3H2,1-2H3,(H2,20,21,23,24). The van der Waals surface area contributed by atoms with Crippen molar-refractivity contribution in [1.29, 1.82) is 0 Å². The monoisotopic (exact) mass is 362 g/mol. The Morgan fingerprint density at radius 2 is 2.00 bits per heavy atom. The van der Waals surface area contributed by atoms with Gasteiger partial charge in [-0.1, -0.05) is 43.6 Å². The molecular weight excluding hydrogens is 344 g/mol. The van der Waals surface area contributed by atoms with Crippen molar-refractivity contribution in [2.75, 3.05) is 5.32 Å². The number of thiocarbonyl (C=S) groups is 1.